The Hall–Kier alpha value is -1.26. The van der Waals surface area contributed by atoms with Crippen molar-refractivity contribution in [2.75, 3.05) is 13.1 Å². The average molecular weight is 172 g/mol. The van der Waals surface area contributed by atoms with Crippen molar-refractivity contribution >= 4 is 12.0 Å². The van der Waals surface area contributed by atoms with Crippen LogP contribution in [-0.2, 0) is 4.79 Å². The molecule has 0 saturated carbocycles. The molecule has 1 rings (SSSR count). The van der Waals surface area contributed by atoms with E-state index in [2.05, 4.69) is 5.32 Å². The van der Waals surface area contributed by atoms with Crippen LogP contribution in [0.25, 0.3) is 0 Å². The largest absolute Gasteiger partial charge is 0.465 e. The highest BCUT2D eigenvalue weighted by Gasteiger charge is 2.25. The summed E-state index contributed by atoms with van der Waals surface area (Å²) in [6, 6.07) is -0.00130. The summed E-state index contributed by atoms with van der Waals surface area (Å²) < 4.78 is 0. The zero-order valence-electron chi connectivity index (χ0n) is 6.91. The number of carboxylic acid groups (broad SMARTS) is 1. The predicted molar refractivity (Wildman–Crippen MR) is 41.8 cm³/mol. The van der Waals surface area contributed by atoms with Gasteiger partial charge in [-0.15, -0.1) is 0 Å². The van der Waals surface area contributed by atoms with Gasteiger partial charge in [-0.1, -0.05) is 0 Å². The fourth-order valence-electron chi connectivity index (χ4n) is 1.34. The Morgan fingerprint density at radius 1 is 1.58 bits per heavy atom. The van der Waals surface area contributed by atoms with E-state index in [0.29, 0.717) is 19.5 Å². The summed E-state index contributed by atoms with van der Waals surface area (Å²) >= 11 is 0. The van der Waals surface area contributed by atoms with Gasteiger partial charge < -0.3 is 15.3 Å². The highest BCUT2D eigenvalue weighted by Crippen LogP contribution is 2.08. The molecule has 1 atom stereocenters. The van der Waals surface area contributed by atoms with E-state index in [0.717, 1.165) is 0 Å². The number of nitrogens with one attached hydrogen (secondary N) is 1. The number of amides is 2. The molecule has 0 aliphatic carbocycles. The van der Waals surface area contributed by atoms with E-state index in [-0.39, 0.29) is 11.9 Å². The first-order valence-electron chi connectivity index (χ1n) is 3.84. The van der Waals surface area contributed by atoms with Crippen LogP contribution >= 0.6 is 0 Å². The van der Waals surface area contributed by atoms with Gasteiger partial charge in [0.1, 0.15) is 0 Å². The lowest BCUT2D eigenvalue weighted by Gasteiger charge is -2.12. The van der Waals surface area contributed by atoms with Crippen molar-refractivity contribution in [2.24, 2.45) is 0 Å². The summed E-state index contributed by atoms with van der Waals surface area (Å²) in [5, 5.41) is 11.3. The van der Waals surface area contributed by atoms with Crippen LogP contribution in [0.3, 0.4) is 0 Å². The second-order valence-corrected chi connectivity index (χ2v) is 2.91. The molecule has 1 saturated heterocycles. The molecule has 0 unspecified atom stereocenters. The van der Waals surface area contributed by atoms with Gasteiger partial charge in [0.2, 0.25) is 5.91 Å². The number of nitrogens with zero attached hydrogens (tertiary/aromatic N) is 1. The smallest absolute Gasteiger partial charge is 0.407 e. The maximum atomic E-state index is 10.6. The molecule has 5 heteroatoms. The first-order valence-corrected chi connectivity index (χ1v) is 3.84. The van der Waals surface area contributed by atoms with Crippen LogP contribution in [0.4, 0.5) is 4.79 Å². The fourth-order valence-corrected chi connectivity index (χ4v) is 1.34. The highest BCUT2D eigenvalue weighted by molar-refractivity contribution is 5.73. The summed E-state index contributed by atoms with van der Waals surface area (Å²) in [6.45, 7) is 2.36. The van der Waals surface area contributed by atoms with Gasteiger partial charge in [-0.2, -0.15) is 0 Å². The van der Waals surface area contributed by atoms with Crippen LogP contribution in [0.15, 0.2) is 0 Å². The van der Waals surface area contributed by atoms with E-state index >= 15 is 0 Å². The second kappa shape index (κ2) is 3.42. The third-order valence-electron chi connectivity index (χ3n) is 1.87. The third kappa shape index (κ3) is 2.11. The minimum atomic E-state index is -0.914. The van der Waals surface area contributed by atoms with Gasteiger partial charge in [0, 0.05) is 26.1 Å². The normalized spacial score (nSPS) is 22.4. The monoisotopic (exact) mass is 172 g/mol. The molecule has 12 heavy (non-hydrogen) atoms. The van der Waals surface area contributed by atoms with E-state index in [1.165, 1.54) is 11.8 Å². The molecular formula is C7H12N2O3. The van der Waals surface area contributed by atoms with Crippen molar-refractivity contribution in [3.8, 4) is 0 Å². The average Bonchev–Trinajstić information content (AvgIpc) is 2.34. The predicted octanol–water partition coefficient (Wildman–Crippen LogP) is -0.125. The first-order chi connectivity index (χ1) is 5.59. The summed E-state index contributed by atoms with van der Waals surface area (Å²) in [4.78, 5) is 22.4. The summed E-state index contributed by atoms with van der Waals surface area (Å²) in [6.07, 6.45) is -0.200. The van der Waals surface area contributed by atoms with Gasteiger partial charge in [0.15, 0.2) is 0 Å². The van der Waals surface area contributed by atoms with E-state index in [4.69, 9.17) is 5.11 Å². The maximum Gasteiger partial charge on any atom is 0.407 e. The number of carbonyl (C=O) groups is 2. The molecule has 5 nitrogen and oxygen atoms in total. The minimum absolute atomic E-state index is 0.00130. The number of hydrogen-bond donors (Lipinski definition) is 2. The van der Waals surface area contributed by atoms with Crippen molar-refractivity contribution in [1.29, 1.82) is 0 Å². The number of carbonyl (C=O) groups excluding carboxylic acids is 1. The standard InChI is InChI=1S/C7H12N2O3/c1-5(10)8-6-2-3-9(4-6)7(11)12/h6H,2-4H2,1H3,(H,8,10)(H,11,12)/t6-/m1/s1. The van der Waals surface area contributed by atoms with Crippen molar-refractivity contribution in [3.63, 3.8) is 0 Å². The molecule has 2 N–H and O–H groups in total. The Balaban J connectivity index is 2.35. The lowest BCUT2D eigenvalue weighted by molar-refractivity contribution is -0.119. The van der Waals surface area contributed by atoms with Crippen LogP contribution in [0, 0.1) is 0 Å². The summed E-state index contributed by atoms with van der Waals surface area (Å²) in [5.41, 5.74) is 0. The summed E-state index contributed by atoms with van der Waals surface area (Å²) in [5.74, 6) is -0.104. The van der Waals surface area contributed by atoms with Crippen molar-refractivity contribution in [3.05, 3.63) is 0 Å². The number of likely N-dealkylation sites (tertiary alicyclic amines) is 1. The molecule has 0 aromatic heterocycles. The molecular weight excluding hydrogens is 160 g/mol. The van der Waals surface area contributed by atoms with E-state index < -0.39 is 6.09 Å². The summed E-state index contributed by atoms with van der Waals surface area (Å²) in [7, 11) is 0. The Morgan fingerprint density at radius 3 is 2.67 bits per heavy atom. The molecule has 0 bridgehead atoms. The Morgan fingerprint density at radius 2 is 2.25 bits per heavy atom. The zero-order valence-corrected chi connectivity index (χ0v) is 6.91. The highest BCUT2D eigenvalue weighted by atomic mass is 16.4. The topological polar surface area (TPSA) is 69.6 Å². The van der Waals surface area contributed by atoms with Crippen molar-refractivity contribution in [2.45, 2.75) is 19.4 Å². The molecule has 68 valence electrons. The SMILES string of the molecule is CC(=O)N[C@@H]1CCN(C(=O)O)C1. The number of rotatable bonds is 1. The van der Waals surface area contributed by atoms with Gasteiger partial charge in [-0.05, 0) is 6.42 Å². The molecule has 1 heterocycles. The molecule has 1 aliphatic rings. The van der Waals surface area contributed by atoms with Crippen molar-refractivity contribution in [1.82, 2.24) is 10.2 Å². The van der Waals surface area contributed by atoms with Crippen molar-refractivity contribution < 1.29 is 14.7 Å². The Labute approximate surface area is 70.4 Å². The van der Waals surface area contributed by atoms with Gasteiger partial charge >= 0.3 is 6.09 Å². The van der Waals surface area contributed by atoms with Crippen LogP contribution < -0.4 is 5.32 Å². The van der Waals surface area contributed by atoms with Gasteiger partial charge in [-0.25, -0.2) is 4.79 Å². The number of hydrogen-bond acceptors (Lipinski definition) is 2. The molecule has 1 aliphatic heterocycles. The van der Waals surface area contributed by atoms with E-state index in [9.17, 15) is 9.59 Å². The maximum absolute atomic E-state index is 10.6. The quantitative estimate of drug-likeness (QED) is 0.579. The molecule has 0 aromatic carbocycles. The first kappa shape index (κ1) is 8.83. The Bertz CT molecular complexity index is 205. The molecule has 0 radical (unpaired) electrons. The van der Waals surface area contributed by atoms with E-state index in [1.807, 2.05) is 0 Å². The van der Waals surface area contributed by atoms with Gasteiger partial charge in [0.25, 0.3) is 0 Å². The van der Waals surface area contributed by atoms with Gasteiger partial charge in [0.05, 0.1) is 0 Å². The third-order valence-corrected chi connectivity index (χ3v) is 1.87. The lowest BCUT2D eigenvalue weighted by atomic mass is 10.3. The van der Waals surface area contributed by atoms with Gasteiger partial charge in [-0.3, -0.25) is 4.79 Å². The molecule has 0 spiro atoms. The lowest BCUT2D eigenvalue weighted by Crippen LogP contribution is -2.36. The fraction of sp³-hybridized carbons (Fsp3) is 0.714. The zero-order chi connectivity index (χ0) is 9.14. The Kier molecular flexibility index (Phi) is 2.52. The molecule has 0 aromatic rings. The van der Waals surface area contributed by atoms with Crippen LogP contribution in [0.2, 0.25) is 0 Å². The minimum Gasteiger partial charge on any atom is -0.465 e. The van der Waals surface area contributed by atoms with Crippen LogP contribution in [0.1, 0.15) is 13.3 Å². The molecule has 2 amide bonds. The van der Waals surface area contributed by atoms with Crippen LogP contribution in [0.5, 0.6) is 0 Å². The second-order valence-electron chi connectivity index (χ2n) is 2.91. The van der Waals surface area contributed by atoms with E-state index in [1.54, 1.807) is 0 Å². The molecule has 1 fully saturated rings. The van der Waals surface area contributed by atoms with Crippen LogP contribution in [-0.4, -0.2) is 41.1 Å².